The quantitative estimate of drug-likeness (QED) is 0.173. The molecule has 2 aliphatic heterocycles. The second-order valence-corrected chi connectivity index (χ2v) is 14.0. The van der Waals surface area contributed by atoms with E-state index >= 15 is 0 Å². The molecule has 0 bridgehead atoms. The molecule has 5 heterocycles. The number of benzene rings is 5. The molecule has 3 aromatic heterocycles. The largest absolute Gasteiger partial charge is 0.455 e. The summed E-state index contributed by atoms with van der Waals surface area (Å²) in [7, 11) is 0. The van der Waals surface area contributed by atoms with Gasteiger partial charge >= 0.3 is 0 Å². The van der Waals surface area contributed by atoms with E-state index in [9.17, 15) is 0 Å². The molecular weight excluding hydrogens is 673 g/mol. The van der Waals surface area contributed by atoms with Gasteiger partial charge in [0.15, 0.2) is 0 Å². The number of allylic oxidation sites excluding steroid dienone is 4. The van der Waals surface area contributed by atoms with Crippen LogP contribution >= 0.6 is 0 Å². The van der Waals surface area contributed by atoms with Gasteiger partial charge in [0.2, 0.25) is 0 Å². The van der Waals surface area contributed by atoms with Crippen LogP contribution in [0.25, 0.3) is 66.7 Å². The molecule has 2 unspecified atom stereocenters. The summed E-state index contributed by atoms with van der Waals surface area (Å²) < 4.78 is 6.57. The third kappa shape index (κ3) is 6.32. The van der Waals surface area contributed by atoms with Gasteiger partial charge in [0.05, 0.1) is 12.1 Å². The Morgan fingerprint density at radius 3 is 1.84 bits per heavy atom. The van der Waals surface area contributed by atoms with Gasteiger partial charge in [-0.3, -0.25) is 9.97 Å². The Bertz CT molecular complexity index is 2830. The molecule has 0 aliphatic carbocycles. The van der Waals surface area contributed by atoms with Crippen LogP contribution in [0.5, 0.6) is 0 Å². The van der Waals surface area contributed by atoms with Crippen molar-refractivity contribution >= 4 is 33.3 Å². The van der Waals surface area contributed by atoms with E-state index in [0.29, 0.717) is 0 Å². The number of pyridine rings is 2. The van der Waals surface area contributed by atoms with E-state index in [1.54, 1.807) is 6.20 Å². The van der Waals surface area contributed by atoms with E-state index in [1.165, 1.54) is 5.56 Å². The first kappa shape index (κ1) is 32.4. The highest BCUT2D eigenvalue weighted by molar-refractivity contribution is 6.09. The maximum absolute atomic E-state index is 6.57. The summed E-state index contributed by atoms with van der Waals surface area (Å²) in [5.41, 5.74) is 15.1. The van der Waals surface area contributed by atoms with E-state index in [2.05, 4.69) is 166 Å². The highest BCUT2D eigenvalue weighted by Crippen LogP contribution is 2.40. The Hall–Kier alpha value is -7.24. The predicted molar refractivity (Wildman–Crippen MR) is 224 cm³/mol. The van der Waals surface area contributed by atoms with Gasteiger partial charge in [-0.25, -0.2) is 0 Å². The minimum absolute atomic E-state index is 0.0181. The fourth-order valence-corrected chi connectivity index (χ4v) is 7.75. The number of para-hydroxylation sites is 2. The molecule has 0 fully saturated rings. The zero-order valence-electron chi connectivity index (χ0n) is 29.9. The van der Waals surface area contributed by atoms with Crippen LogP contribution in [0.2, 0.25) is 0 Å². The number of hydrogen-bond acceptors (Lipinski definition) is 5. The van der Waals surface area contributed by atoms with Gasteiger partial charge in [0.1, 0.15) is 11.2 Å². The molecule has 10 rings (SSSR count). The highest BCUT2D eigenvalue weighted by Gasteiger charge is 2.18. The zero-order valence-corrected chi connectivity index (χ0v) is 29.9. The monoisotopic (exact) mass is 708 g/mol. The van der Waals surface area contributed by atoms with Gasteiger partial charge in [0.25, 0.3) is 0 Å². The van der Waals surface area contributed by atoms with Gasteiger partial charge in [-0.1, -0.05) is 103 Å². The molecule has 2 N–H and O–H groups in total. The molecule has 8 aromatic rings. The van der Waals surface area contributed by atoms with Gasteiger partial charge in [-0.05, 0) is 111 Å². The molecule has 55 heavy (non-hydrogen) atoms. The van der Waals surface area contributed by atoms with Crippen LogP contribution in [-0.4, -0.2) is 9.97 Å². The third-order valence-electron chi connectivity index (χ3n) is 10.5. The molecule has 5 heteroatoms. The predicted octanol–water partition coefficient (Wildman–Crippen LogP) is 11.9. The van der Waals surface area contributed by atoms with Crippen molar-refractivity contribution in [3.63, 3.8) is 0 Å². The van der Waals surface area contributed by atoms with Crippen LogP contribution < -0.4 is 10.6 Å². The molecule has 5 nitrogen and oxygen atoms in total. The van der Waals surface area contributed by atoms with Crippen molar-refractivity contribution in [1.29, 1.82) is 0 Å². The van der Waals surface area contributed by atoms with Crippen molar-refractivity contribution in [2.24, 2.45) is 0 Å². The van der Waals surface area contributed by atoms with Crippen LogP contribution in [0.4, 0.5) is 0 Å². The second-order valence-electron chi connectivity index (χ2n) is 14.0. The summed E-state index contributed by atoms with van der Waals surface area (Å²) in [6, 6.07) is 47.5. The summed E-state index contributed by atoms with van der Waals surface area (Å²) in [6.45, 7) is 0. The van der Waals surface area contributed by atoms with E-state index in [1.807, 2.05) is 42.9 Å². The summed E-state index contributed by atoms with van der Waals surface area (Å²) in [4.78, 5) is 8.68. The maximum atomic E-state index is 6.57. The minimum atomic E-state index is 0.0181. The third-order valence-corrected chi connectivity index (χ3v) is 10.5. The fraction of sp³-hybridized carbons (Fsp3) is 0.0400. The Labute approximate surface area is 319 Å². The number of nitrogens with one attached hydrogen (secondary N) is 2. The van der Waals surface area contributed by atoms with Crippen molar-refractivity contribution in [2.75, 3.05) is 0 Å². The van der Waals surface area contributed by atoms with Crippen molar-refractivity contribution < 1.29 is 4.42 Å². The van der Waals surface area contributed by atoms with Crippen LogP contribution in [0.3, 0.4) is 0 Å². The molecule has 0 radical (unpaired) electrons. The fourth-order valence-electron chi connectivity index (χ4n) is 7.75. The Kier molecular flexibility index (Phi) is 8.23. The lowest BCUT2D eigenvalue weighted by molar-refractivity contribution is 0.670. The number of dihydropyridines is 2. The van der Waals surface area contributed by atoms with Gasteiger partial charge < -0.3 is 15.1 Å². The summed E-state index contributed by atoms with van der Waals surface area (Å²) in [5, 5.41) is 9.69. The summed E-state index contributed by atoms with van der Waals surface area (Å²) in [6.07, 6.45) is 20.3. The molecule has 0 amide bonds. The first-order valence-corrected chi connectivity index (χ1v) is 18.6. The minimum Gasteiger partial charge on any atom is -0.455 e. The van der Waals surface area contributed by atoms with E-state index in [0.717, 1.165) is 83.4 Å². The zero-order chi connectivity index (χ0) is 36.6. The van der Waals surface area contributed by atoms with Gasteiger partial charge in [-0.2, -0.15) is 0 Å². The summed E-state index contributed by atoms with van der Waals surface area (Å²) in [5.74, 6) is 0. The van der Waals surface area contributed by atoms with Crippen LogP contribution in [0.1, 0.15) is 34.3 Å². The molecule has 262 valence electrons. The SMILES string of the molecule is C1=CC(c2cccnc2)NC(c2cccc(-c3cc(-c4cccc(C5C=CC=C(c6cccnc6)N5)c4)cc(-c4cccc5c4oc4ccccc45)c3)c2)=C1. The Morgan fingerprint density at radius 2 is 1.05 bits per heavy atom. The smallest absolute Gasteiger partial charge is 0.143 e. The molecule has 2 aliphatic rings. The van der Waals surface area contributed by atoms with E-state index < -0.39 is 0 Å². The van der Waals surface area contributed by atoms with Crippen molar-refractivity contribution in [2.45, 2.75) is 12.1 Å². The normalized spacial score (nSPS) is 16.4. The first-order valence-electron chi connectivity index (χ1n) is 18.6. The Morgan fingerprint density at radius 1 is 0.455 bits per heavy atom. The average molecular weight is 709 g/mol. The lowest BCUT2D eigenvalue weighted by Gasteiger charge is -2.23. The second kappa shape index (κ2) is 14.0. The van der Waals surface area contributed by atoms with Gasteiger partial charge in [0, 0.05) is 58.1 Å². The van der Waals surface area contributed by atoms with Crippen LogP contribution in [0.15, 0.2) is 199 Å². The molecule has 5 aromatic carbocycles. The number of rotatable bonds is 7. The van der Waals surface area contributed by atoms with E-state index in [-0.39, 0.29) is 12.1 Å². The van der Waals surface area contributed by atoms with Crippen LogP contribution in [0, 0.1) is 0 Å². The van der Waals surface area contributed by atoms with Crippen molar-refractivity contribution in [1.82, 2.24) is 20.6 Å². The number of furan rings is 1. The summed E-state index contributed by atoms with van der Waals surface area (Å²) >= 11 is 0. The molecule has 0 saturated heterocycles. The molecule has 0 spiro atoms. The topological polar surface area (TPSA) is 63.0 Å². The first-order chi connectivity index (χ1) is 27.2. The Balaban J connectivity index is 1.07. The highest BCUT2D eigenvalue weighted by atomic mass is 16.3. The standard InChI is InChI=1S/C50H36N4O/c1-2-23-49-43(16-1)44-18-5-17-42(50(44)55-49)41-29-39(33-10-3-12-35(26-33)45-19-6-21-47(53-45)37-14-8-24-51-31-37)28-40(30-41)34-11-4-13-36(27-34)46-20-7-22-48(54-46)38-15-9-25-52-32-38/h1-32,45,48,53-54H. The lowest BCUT2D eigenvalue weighted by atomic mass is 9.90. The van der Waals surface area contributed by atoms with E-state index in [4.69, 9.17) is 4.42 Å². The average Bonchev–Trinajstić information content (AvgIpc) is 3.66. The molecular formula is C50H36N4O. The van der Waals surface area contributed by atoms with Crippen molar-refractivity contribution in [3.05, 3.63) is 217 Å². The maximum Gasteiger partial charge on any atom is 0.143 e. The lowest BCUT2D eigenvalue weighted by Crippen LogP contribution is -2.20. The molecule has 2 atom stereocenters. The molecule has 0 saturated carbocycles. The number of aromatic nitrogens is 2. The number of fused-ring (bicyclic) bond motifs is 3. The van der Waals surface area contributed by atoms with Crippen molar-refractivity contribution in [3.8, 4) is 33.4 Å². The van der Waals surface area contributed by atoms with Gasteiger partial charge in [-0.15, -0.1) is 0 Å². The number of hydrogen-bond donors (Lipinski definition) is 2. The number of nitrogens with zero attached hydrogens (tertiary/aromatic N) is 2. The van der Waals surface area contributed by atoms with Crippen LogP contribution in [-0.2, 0) is 0 Å².